The van der Waals surface area contributed by atoms with E-state index in [0.29, 0.717) is 30.7 Å². The molecule has 0 fully saturated rings. The fourth-order valence-electron chi connectivity index (χ4n) is 3.11. The van der Waals surface area contributed by atoms with Crippen molar-refractivity contribution in [1.82, 2.24) is 0 Å². The summed E-state index contributed by atoms with van der Waals surface area (Å²) in [4.78, 5) is 24.5. The van der Waals surface area contributed by atoms with Crippen LogP contribution in [0.25, 0.3) is 6.08 Å². The van der Waals surface area contributed by atoms with Gasteiger partial charge in [0.1, 0.15) is 11.3 Å². The number of ether oxygens (including phenoxy) is 1. The molecule has 3 N–H and O–H groups in total. The maximum atomic E-state index is 13.0. The lowest BCUT2D eigenvalue weighted by atomic mass is 9.79. The van der Waals surface area contributed by atoms with Crippen LogP contribution in [0.4, 0.5) is 0 Å². The number of carboxylic acids is 1. The summed E-state index contributed by atoms with van der Waals surface area (Å²) in [5, 5.41) is 9.39. The highest BCUT2D eigenvalue weighted by atomic mass is 16.5. The quantitative estimate of drug-likeness (QED) is 0.319. The summed E-state index contributed by atoms with van der Waals surface area (Å²) in [6.45, 7) is 13.6. The standard InChI is InChI=1S/C27H35NO4/c1-26(2,3)20-15-19(16-21(17-20)27(4,5)6)23(29)11-9-18-8-10-22(25(30)31)24(14-18)32-13-7-12-28/h8-11,14-17H,7,12-13,28H2,1-6H3,(H,30,31)/b11-9+. The Labute approximate surface area is 191 Å². The molecule has 0 aromatic heterocycles. The van der Waals surface area contributed by atoms with Gasteiger partial charge in [-0.1, -0.05) is 59.8 Å². The predicted octanol–water partition coefficient (Wildman–Crippen LogP) is 5.60. The fourth-order valence-corrected chi connectivity index (χ4v) is 3.11. The third-order valence-corrected chi connectivity index (χ3v) is 5.22. The van der Waals surface area contributed by atoms with Crippen molar-refractivity contribution in [3.8, 4) is 5.75 Å². The average Bonchev–Trinajstić information content (AvgIpc) is 2.70. The average molecular weight is 438 g/mol. The van der Waals surface area contributed by atoms with E-state index < -0.39 is 5.97 Å². The monoisotopic (exact) mass is 437 g/mol. The minimum absolute atomic E-state index is 0.0809. The number of hydrogen-bond donors (Lipinski definition) is 2. The molecule has 0 spiro atoms. The molecule has 0 atom stereocenters. The van der Waals surface area contributed by atoms with Crippen LogP contribution in [0.15, 0.2) is 42.5 Å². The topological polar surface area (TPSA) is 89.6 Å². The lowest BCUT2D eigenvalue weighted by Crippen LogP contribution is -2.17. The van der Waals surface area contributed by atoms with Crippen LogP contribution in [0.5, 0.6) is 5.75 Å². The zero-order valence-corrected chi connectivity index (χ0v) is 20.0. The number of benzene rings is 2. The van der Waals surface area contributed by atoms with E-state index in [9.17, 15) is 14.7 Å². The van der Waals surface area contributed by atoms with E-state index in [0.717, 1.165) is 11.1 Å². The van der Waals surface area contributed by atoms with Gasteiger partial charge in [0, 0.05) is 5.56 Å². The van der Waals surface area contributed by atoms with Gasteiger partial charge in [0.25, 0.3) is 0 Å². The highest BCUT2D eigenvalue weighted by Gasteiger charge is 2.21. The molecule has 172 valence electrons. The molecular formula is C27H35NO4. The van der Waals surface area contributed by atoms with Gasteiger partial charge < -0.3 is 15.6 Å². The number of ketones is 1. The second-order valence-electron chi connectivity index (χ2n) is 10.0. The number of carbonyl (C=O) groups excluding carboxylic acids is 1. The Kier molecular flexibility index (Phi) is 8.02. The lowest BCUT2D eigenvalue weighted by Gasteiger charge is -2.25. The SMILES string of the molecule is CC(C)(C)c1cc(C(=O)/C=C/c2ccc(C(=O)O)c(OCCCN)c2)cc(C(C)(C)C)c1. The molecular weight excluding hydrogens is 402 g/mol. The number of allylic oxidation sites excluding steroid dienone is 1. The molecule has 0 saturated carbocycles. The first-order valence-electron chi connectivity index (χ1n) is 10.9. The maximum Gasteiger partial charge on any atom is 0.339 e. The Morgan fingerprint density at radius 3 is 2.06 bits per heavy atom. The van der Waals surface area contributed by atoms with Crippen LogP contribution in [-0.4, -0.2) is 30.0 Å². The predicted molar refractivity (Wildman–Crippen MR) is 130 cm³/mol. The highest BCUT2D eigenvalue weighted by molar-refractivity contribution is 6.07. The number of carbonyl (C=O) groups is 2. The zero-order valence-electron chi connectivity index (χ0n) is 20.0. The molecule has 0 unspecified atom stereocenters. The van der Waals surface area contributed by atoms with Crippen molar-refractivity contribution in [3.63, 3.8) is 0 Å². The van der Waals surface area contributed by atoms with Crippen LogP contribution < -0.4 is 10.5 Å². The summed E-state index contributed by atoms with van der Waals surface area (Å²) in [5.41, 5.74) is 8.96. The fraction of sp³-hybridized carbons (Fsp3) is 0.407. The van der Waals surface area contributed by atoms with Gasteiger partial charge in [0.05, 0.1) is 6.61 Å². The molecule has 0 radical (unpaired) electrons. The van der Waals surface area contributed by atoms with Crippen molar-refractivity contribution in [2.45, 2.75) is 58.8 Å². The lowest BCUT2D eigenvalue weighted by molar-refractivity contribution is 0.0692. The normalized spacial score (nSPS) is 12.2. The molecule has 2 aromatic carbocycles. The first-order chi connectivity index (χ1) is 14.8. The molecule has 5 nitrogen and oxygen atoms in total. The number of nitrogens with two attached hydrogens (primary N) is 1. The Morgan fingerprint density at radius 1 is 0.969 bits per heavy atom. The van der Waals surface area contributed by atoms with Crippen LogP contribution in [0.3, 0.4) is 0 Å². The Morgan fingerprint density at radius 2 is 1.56 bits per heavy atom. The van der Waals surface area contributed by atoms with Crippen LogP contribution in [0.1, 0.15) is 85.4 Å². The molecule has 5 heteroatoms. The van der Waals surface area contributed by atoms with Crippen molar-refractivity contribution in [2.75, 3.05) is 13.2 Å². The van der Waals surface area contributed by atoms with Gasteiger partial charge in [0.2, 0.25) is 0 Å². The molecule has 0 aliphatic rings. The summed E-state index contributed by atoms with van der Waals surface area (Å²) in [6.07, 6.45) is 3.83. The number of aromatic carboxylic acids is 1. The Balaban J connectivity index is 2.37. The summed E-state index contributed by atoms with van der Waals surface area (Å²) in [7, 11) is 0. The second-order valence-corrected chi connectivity index (χ2v) is 10.0. The minimum atomic E-state index is -1.06. The molecule has 0 amide bonds. The summed E-state index contributed by atoms with van der Waals surface area (Å²) < 4.78 is 5.60. The third-order valence-electron chi connectivity index (χ3n) is 5.22. The molecule has 0 aliphatic heterocycles. The summed E-state index contributed by atoms with van der Waals surface area (Å²) in [6, 6.07) is 10.9. The van der Waals surface area contributed by atoms with Crippen molar-refractivity contribution in [1.29, 1.82) is 0 Å². The van der Waals surface area contributed by atoms with E-state index in [1.807, 2.05) is 12.1 Å². The Bertz CT molecular complexity index is 975. The van der Waals surface area contributed by atoms with Crippen LogP contribution >= 0.6 is 0 Å². The number of rotatable bonds is 8. The van der Waals surface area contributed by atoms with Crippen molar-refractivity contribution in [2.24, 2.45) is 5.73 Å². The van der Waals surface area contributed by atoms with E-state index in [4.69, 9.17) is 10.5 Å². The van der Waals surface area contributed by atoms with Crippen molar-refractivity contribution < 1.29 is 19.4 Å². The van der Waals surface area contributed by atoms with Crippen LogP contribution in [-0.2, 0) is 10.8 Å². The Hall–Kier alpha value is -2.92. The van der Waals surface area contributed by atoms with Crippen LogP contribution in [0.2, 0.25) is 0 Å². The van der Waals surface area contributed by atoms with Gasteiger partial charge in [-0.15, -0.1) is 0 Å². The van der Waals surface area contributed by atoms with Gasteiger partial charge in [-0.3, -0.25) is 4.79 Å². The summed E-state index contributed by atoms with van der Waals surface area (Å²) in [5.74, 6) is -0.895. The largest absolute Gasteiger partial charge is 0.493 e. The minimum Gasteiger partial charge on any atom is -0.493 e. The molecule has 0 saturated heterocycles. The van der Waals surface area contributed by atoms with E-state index >= 15 is 0 Å². The van der Waals surface area contributed by atoms with E-state index in [-0.39, 0.29) is 27.9 Å². The van der Waals surface area contributed by atoms with Crippen molar-refractivity contribution in [3.05, 3.63) is 70.3 Å². The third kappa shape index (κ3) is 6.79. The number of carboxylic acid groups (broad SMARTS) is 1. The first kappa shape index (κ1) is 25.3. The van der Waals surface area contributed by atoms with E-state index in [1.54, 1.807) is 18.2 Å². The first-order valence-corrected chi connectivity index (χ1v) is 10.9. The van der Waals surface area contributed by atoms with E-state index in [1.165, 1.54) is 12.1 Å². The summed E-state index contributed by atoms with van der Waals surface area (Å²) >= 11 is 0. The van der Waals surface area contributed by atoms with Gasteiger partial charge in [-0.25, -0.2) is 4.79 Å². The molecule has 0 bridgehead atoms. The van der Waals surface area contributed by atoms with Gasteiger partial charge in [0.15, 0.2) is 5.78 Å². The highest BCUT2D eigenvalue weighted by Crippen LogP contribution is 2.30. The number of hydrogen-bond acceptors (Lipinski definition) is 4. The molecule has 0 aliphatic carbocycles. The smallest absolute Gasteiger partial charge is 0.339 e. The second kappa shape index (κ2) is 10.1. The zero-order chi connectivity index (χ0) is 24.1. The molecule has 2 aromatic rings. The molecule has 32 heavy (non-hydrogen) atoms. The van der Waals surface area contributed by atoms with Crippen molar-refractivity contribution >= 4 is 17.8 Å². The maximum absolute atomic E-state index is 13.0. The van der Waals surface area contributed by atoms with Gasteiger partial charge in [-0.05, 0) is 70.8 Å². The molecule has 0 heterocycles. The van der Waals surface area contributed by atoms with Gasteiger partial charge >= 0.3 is 5.97 Å². The van der Waals surface area contributed by atoms with E-state index in [2.05, 4.69) is 47.6 Å². The van der Waals surface area contributed by atoms with Gasteiger partial charge in [-0.2, -0.15) is 0 Å². The van der Waals surface area contributed by atoms with Crippen LogP contribution in [0, 0.1) is 0 Å². The molecule has 2 rings (SSSR count).